The van der Waals surface area contributed by atoms with Gasteiger partial charge in [0.25, 0.3) is 0 Å². The highest BCUT2D eigenvalue weighted by Crippen LogP contribution is 2.16. The topological polar surface area (TPSA) is 46.2 Å². The molecule has 1 N–H and O–H groups in total. The predicted molar refractivity (Wildman–Crippen MR) is 89.3 cm³/mol. The highest BCUT2D eigenvalue weighted by molar-refractivity contribution is 7.90. The lowest BCUT2D eigenvalue weighted by Gasteiger charge is -2.14. The van der Waals surface area contributed by atoms with Gasteiger partial charge in [0.1, 0.15) is 0 Å². The van der Waals surface area contributed by atoms with Gasteiger partial charge in [-0.1, -0.05) is 51.2 Å². The summed E-state index contributed by atoms with van der Waals surface area (Å²) in [7, 11) is -3.10. The largest absolute Gasteiger partial charge is 0.310 e. The Labute approximate surface area is 130 Å². The number of rotatable bonds is 10. The average molecular weight is 311 g/mol. The molecule has 0 aliphatic rings. The summed E-state index contributed by atoms with van der Waals surface area (Å²) in [5.41, 5.74) is 1.13. The molecule has 0 saturated carbocycles. The van der Waals surface area contributed by atoms with Gasteiger partial charge in [-0.2, -0.15) is 0 Å². The van der Waals surface area contributed by atoms with Crippen molar-refractivity contribution in [2.45, 2.75) is 63.3 Å². The Hall–Kier alpha value is -0.870. The number of nitrogens with one attached hydrogen (secondary N) is 1. The molecule has 1 aromatic carbocycles. The summed E-state index contributed by atoms with van der Waals surface area (Å²) in [5, 5.41) is 3.50. The van der Waals surface area contributed by atoms with Gasteiger partial charge in [0.15, 0.2) is 9.84 Å². The summed E-state index contributed by atoms with van der Waals surface area (Å²) in [6.07, 6.45) is 9.03. The zero-order valence-electron chi connectivity index (χ0n) is 13.6. The minimum absolute atomic E-state index is 0.259. The van der Waals surface area contributed by atoms with E-state index in [9.17, 15) is 8.42 Å². The lowest BCUT2D eigenvalue weighted by Crippen LogP contribution is -2.19. The number of benzene rings is 1. The van der Waals surface area contributed by atoms with Crippen LogP contribution >= 0.6 is 0 Å². The van der Waals surface area contributed by atoms with Gasteiger partial charge in [-0.15, -0.1) is 0 Å². The molecule has 1 unspecified atom stereocenters. The first-order valence-corrected chi connectivity index (χ1v) is 9.87. The van der Waals surface area contributed by atoms with E-state index in [0.717, 1.165) is 12.1 Å². The lowest BCUT2D eigenvalue weighted by atomic mass is 10.1. The second kappa shape index (κ2) is 9.21. The van der Waals surface area contributed by atoms with E-state index in [1.54, 1.807) is 12.1 Å². The van der Waals surface area contributed by atoms with Crippen LogP contribution in [0, 0.1) is 0 Å². The molecule has 120 valence electrons. The average Bonchev–Trinajstić information content (AvgIpc) is 2.45. The summed E-state index contributed by atoms with van der Waals surface area (Å²) >= 11 is 0. The monoisotopic (exact) mass is 311 g/mol. The molecule has 0 saturated heterocycles. The van der Waals surface area contributed by atoms with Gasteiger partial charge in [0, 0.05) is 12.3 Å². The van der Waals surface area contributed by atoms with E-state index < -0.39 is 9.84 Å². The van der Waals surface area contributed by atoms with Gasteiger partial charge >= 0.3 is 0 Å². The Morgan fingerprint density at radius 1 is 1.00 bits per heavy atom. The van der Waals surface area contributed by atoms with Crippen LogP contribution in [0.4, 0.5) is 0 Å². The van der Waals surface area contributed by atoms with Gasteiger partial charge in [-0.05, 0) is 37.6 Å². The standard InChI is InChI=1S/C17H29NO2S/c1-4-5-6-7-8-9-14-18-15(2)16-10-12-17(13-11-16)21(3,19)20/h10-13,15,18H,4-9,14H2,1-3H3. The SMILES string of the molecule is CCCCCCCCNC(C)c1ccc(S(C)(=O)=O)cc1. The number of unbranched alkanes of at least 4 members (excludes halogenated alkanes) is 5. The molecule has 0 aliphatic carbocycles. The van der Waals surface area contributed by atoms with E-state index in [4.69, 9.17) is 0 Å². The fraction of sp³-hybridized carbons (Fsp3) is 0.647. The van der Waals surface area contributed by atoms with Crippen LogP contribution in [0.2, 0.25) is 0 Å². The zero-order valence-corrected chi connectivity index (χ0v) is 14.4. The summed E-state index contributed by atoms with van der Waals surface area (Å²) in [6.45, 7) is 5.37. The maximum Gasteiger partial charge on any atom is 0.175 e. The Balaban J connectivity index is 2.31. The Morgan fingerprint density at radius 3 is 2.14 bits per heavy atom. The summed E-state index contributed by atoms with van der Waals surface area (Å²) in [6, 6.07) is 7.43. The molecule has 0 heterocycles. The molecular formula is C17H29NO2S. The molecule has 21 heavy (non-hydrogen) atoms. The highest BCUT2D eigenvalue weighted by atomic mass is 32.2. The van der Waals surface area contributed by atoms with E-state index in [-0.39, 0.29) is 6.04 Å². The van der Waals surface area contributed by atoms with Crippen molar-refractivity contribution in [2.24, 2.45) is 0 Å². The number of hydrogen-bond donors (Lipinski definition) is 1. The molecule has 1 aromatic rings. The zero-order chi connectivity index (χ0) is 15.7. The first kappa shape index (κ1) is 18.2. The molecule has 0 spiro atoms. The van der Waals surface area contributed by atoms with Crippen LogP contribution in [-0.2, 0) is 9.84 Å². The van der Waals surface area contributed by atoms with Crippen LogP contribution in [0.1, 0.15) is 64.0 Å². The molecular weight excluding hydrogens is 282 g/mol. The van der Waals surface area contributed by atoms with Crippen molar-refractivity contribution < 1.29 is 8.42 Å². The van der Waals surface area contributed by atoms with Crippen molar-refractivity contribution in [1.29, 1.82) is 0 Å². The molecule has 0 aromatic heterocycles. The van der Waals surface area contributed by atoms with Crippen molar-refractivity contribution in [1.82, 2.24) is 5.32 Å². The minimum Gasteiger partial charge on any atom is -0.310 e. The predicted octanol–water partition coefficient (Wildman–Crippen LogP) is 4.10. The molecule has 3 nitrogen and oxygen atoms in total. The molecule has 0 fully saturated rings. The van der Waals surface area contributed by atoms with Gasteiger partial charge < -0.3 is 5.32 Å². The Morgan fingerprint density at radius 2 is 1.57 bits per heavy atom. The van der Waals surface area contributed by atoms with E-state index in [2.05, 4.69) is 19.2 Å². The van der Waals surface area contributed by atoms with Crippen LogP contribution in [0.25, 0.3) is 0 Å². The molecule has 0 amide bonds. The third kappa shape index (κ3) is 7.09. The highest BCUT2D eigenvalue weighted by Gasteiger charge is 2.08. The minimum atomic E-state index is -3.10. The second-order valence-electron chi connectivity index (χ2n) is 5.78. The fourth-order valence-corrected chi connectivity index (χ4v) is 2.98. The third-order valence-corrected chi connectivity index (χ3v) is 4.92. The number of hydrogen-bond acceptors (Lipinski definition) is 3. The van der Waals surface area contributed by atoms with Crippen molar-refractivity contribution in [2.75, 3.05) is 12.8 Å². The van der Waals surface area contributed by atoms with E-state index in [1.165, 1.54) is 44.8 Å². The van der Waals surface area contributed by atoms with Crippen molar-refractivity contribution >= 4 is 9.84 Å². The smallest absolute Gasteiger partial charge is 0.175 e. The molecule has 0 aliphatic heterocycles. The van der Waals surface area contributed by atoms with Crippen molar-refractivity contribution in [3.8, 4) is 0 Å². The molecule has 1 atom stereocenters. The van der Waals surface area contributed by atoms with Crippen LogP contribution in [-0.4, -0.2) is 21.2 Å². The maximum absolute atomic E-state index is 11.4. The van der Waals surface area contributed by atoms with Gasteiger partial charge in [-0.25, -0.2) is 8.42 Å². The molecule has 0 radical (unpaired) electrons. The second-order valence-corrected chi connectivity index (χ2v) is 7.80. The quantitative estimate of drug-likeness (QED) is 0.662. The number of sulfone groups is 1. The van der Waals surface area contributed by atoms with Gasteiger partial charge in [-0.3, -0.25) is 0 Å². The maximum atomic E-state index is 11.4. The summed E-state index contributed by atoms with van der Waals surface area (Å²) < 4.78 is 22.8. The first-order chi connectivity index (χ1) is 9.95. The first-order valence-electron chi connectivity index (χ1n) is 7.98. The fourth-order valence-electron chi connectivity index (χ4n) is 2.35. The Bertz CT molecular complexity index is 494. The van der Waals surface area contributed by atoms with E-state index in [0.29, 0.717) is 4.90 Å². The van der Waals surface area contributed by atoms with Gasteiger partial charge in [0.2, 0.25) is 0 Å². The van der Waals surface area contributed by atoms with E-state index >= 15 is 0 Å². The van der Waals surface area contributed by atoms with Crippen LogP contribution in [0.3, 0.4) is 0 Å². The van der Waals surface area contributed by atoms with Crippen LogP contribution < -0.4 is 5.32 Å². The van der Waals surface area contributed by atoms with Crippen molar-refractivity contribution in [3.05, 3.63) is 29.8 Å². The molecule has 4 heteroatoms. The van der Waals surface area contributed by atoms with Crippen LogP contribution in [0.5, 0.6) is 0 Å². The van der Waals surface area contributed by atoms with Gasteiger partial charge in [0.05, 0.1) is 4.90 Å². The molecule has 1 rings (SSSR count). The normalized spacial score (nSPS) is 13.3. The van der Waals surface area contributed by atoms with Crippen LogP contribution in [0.15, 0.2) is 29.2 Å². The molecule has 0 bridgehead atoms. The lowest BCUT2D eigenvalue weighted by molar-refractivity contribution is 0.527. The summed E-state index contributed by atoms with van der Waals surface area (Å²) in [4.78, 5) is 0.384. The van der Waals surface area contributed by atoms with Crippen molar-refractivity contribution in [3.63, 3.8) is 0 Å². The summed E-state index contributed by atoms with van der Waals surface area (Å²) in [5.74, 6) is 0. The van der Waals surface area contributed by atoms with E-state index in [1.807, 2.05) is 12.1 Å². The Kier molecular flexibility index (Phi) is 7.97. The third-order valence-electron chi connectivity index (χ3n) is 3.79.